The molecule has 0 amide bonds. The standard InChI is InChI=1S/C24H33N5O3S/c1-24(2,3)17-29-21-11-10-20(25-22(21)26(4)23(29)30)19-8-6-18(7-9-19)16-27-12-14-28(15-13-27)33(5,31)32/h6-11H,12-17H2,1-5H3. The molecule has 1 saturated heterocycles. The number of fused-ring (bicyclic) bond motifs is 1. The van der Waals surface area contributed by atoms with Crippen LogP contribution < -0.4 is 5.69 Å². The summed E-state index contributed by atoms with van der Waals surface area (Å²) in [7, 11) is -1.34. The van der Waals surface area contributed by atoms with Crippen molar-refractivity contribution in [1.29, 1.82) is 0 Å². The lowest BCUT2D eigenvalue weighted by Gasteiger charge is -2.33. The first-order valence-corrected chi connectivity index (χ1v) is 13.1. The Morgan fingerprint density at radius 1 is 0.970 bits per heavy atom. The van der Waals surface area contributed by atoms with Crippen molar-refractivity contribution in [3.05, 3.63) is 52.4 Å². The number of hydrogen-bond acceptors (Lipinski definition) is 5. The molecule has 0 saturated carbocycles. The number of benzene rings is 1. The second-order valence-electron chi connectivity index (χ2n) is 10.2. The Kier molecular flexibility index (Phi) is 6.24. The van der Waals surface area contributed by atoms with Gasteiger partial charge in [-0.15, -0.1) is 0 Å². The van der Waals surface area contributed by atoms with Crippen molar-refractivity contribution in [2.45, 2.75) is 33.9 Å². The highest BCUT2D eigenvalue weighted by molar-refractivity contribution is 7.88. The van der Waals surface area contributed by atoms with E-state index < -0.39 is 10.0 Å². The maximum Gasteiger partial charge on any atom is 0.330 e. The van der Waals surface area contributed by atoms with Crippen LogP contribution in [0, 0.1) is 5.41 Å². The molecule has 1 aliphatic heterocycles. The van der Waals surface area contributed by atoms with Crippen molar-refractivity contribution in [2.24, 2.45) is 12.5 Å². The molecule has 33 heavy (non-hydrogen) atoms. The van der Waals surface area contributed by atoms with E-state index in [1.165, 1.54) is 16.1 Å². The molecular weight excluding hydrogens is 438 g/mol. The minimum Gasteiger partial charge on any atom is -0.296 e. The number of nitrogens with zero attached hydrogens (tertiary/aromatic N) is 5. The monoisotopic (exact) mass is 471 g/mol. The zero-order valence-electron chi connectivity index (χ0n) is 20.1. The van der Waals surface area contributed by atoms with Crippen molar-refractivity contribution in [2.75, 3.05) is 32.4 Å². The molecule has 1 aromatic carbocycles. The van der Waals surface area contributed by atoms with Crippen molar-refractivity contribution in [3.63, 3.8) is 0 Å². The van der Waals surface area contributed by atoms with Gasteiger partial charge in [-0.3, -0.25) is 14.0 Å². The van der Waals surface area contributed by atoms with Crippen LogP contribution in [0.15, 0.2) is 41.2 Å². The van der Waals surface area contributed by atoms with Crippen LogP contribution in [0.5, 0.6) is 0 Å². The van der Waals surface area contributed by atoms with Gasteiger partial charge in [0.15, 0.2) is 5.65 Å². The molecule has 0 unspecified atom stereocenters. The molecule has 1 aliphatic rings. The molecule has 9 heteroatoms. The fourth-order valence-electron chi connectivity index (χ4n) is 4.32. The van der Waals surface area contributed by atoms with E-state index in [0.29, 0.717) is 25.3 Å². The summed E-state index contributed by atoms with van der Waals surface area (Å²) in [6.45, 7) is 10.3. The summed E-state index contributed by atoms with van der Waals surface area (Å²) in [5.41, 5.74) is 4.50. The maximum atomic E-state index is 12.8. The smallest absolute Gasteiger partial charge is 0.296 e. The van der Waals surface area contributed by atoms with Gasteiger partial charge < -0.3 is 0 Å². The van der Waals surface area contributed by atoms with E-state index >= 15 is 0 Å². The van der Waals surface area contributed by atoms with Gasteiger partial charge in [0.05, 0.1) is 17.5 Å². The van der Waals surface area contributed by atoms with E-state index in [0.717, 1.165) is 36.4 Å². The topological polar surface area (TPSA) is 80.4 Å². The summed E-state index contributed by atoms with van der Waals surface area (Å²) < 4.78 is 28.3. The predicted molar refractivity (Wildman–Crippen MR) is 132 cm³/mol. The van der Waals surface area contributed by atoms with Gasteiger partial charge in [-0.25, -0.2) is 18.2 Å². The number of piperazine rings is 1. The summed E-state index contributed by atoms with van der Waals surface area (Å²) >= 11 is 0. The Bertz CT molecular complexity index is 1310. The van der Waals surface area contributed by atoms with Crippen molar-refractivity contribution < 1.29 is 8.42 Å². The molecule has 178 valence electrons. The van der Waals surface area contributed by atoms with Crippen LogP contribution in [0.3, 0.4) is 0 Å². The number of rotatable bonds is 5. The molecule has 0 bridgehead atoms. The van der Waals surface area contributed by atoms with Crippen LogP contribution in [0.1, 0.15) is 26.3 Å². The van der Waals surface area contributed by atoms with Crippen molar-refractivity contribution in [1.82, 2.24) is 23.3 Å². The molecule has 3 aromatic rings. The van der Waals surface area contributed by atoms with Gasteiger partial charge >= 0.3 is 5.69 Å². The first-order chi connectivity index (χ1) is 15.4. The number of pyridine rings is 1. The Labute approximate surface area is 195 Å². The second kappa shape index (κ2) is 8.70. The maximum absolute atomic E-state index is 12.8. The number of hydrogen-bond donors (Lipinski definition) is 0. The van der Waals surface area contributed by atoms with E-state index in [-0.39, 0.29) is 11.1 Å². The van der Waals surface area contributed by atoms with Crippen LogP contribution in [-0.2, 0) is 30.2 Å². The van der Waals surface area contributed by atoms with E-state index in [4.69, 9.17) is 4.98 Å². The molecule has 2 aromatic heterocycles. The highest BCUT2D eigenvalue weighted by Gasteiger charge is 2.23. The lowest BCUT2D eigenvalue weighted by atomic mass is 9.97. The minimum atomic E-state index is -3.11. The molecule has 8 nitrogen and oxygen atoms in total. The highest BCUT2D eigenvalue weighted by Crippen LogP contribution is 2.24. The molecule has 0 aliphatic carbocycles. The van der Waals surface area contributed by atoms with Gasteiger partial charge in [0.25, 0.3) is 0 Å². The highest BCUT2D eigenvalue weighted by atomic mass is 32.2. The second-order valence-corrected chi connectivity index (χ2v) is 12.1. The van der Waals surface area contributed by atoms with Gasteiger partial charge in [-0.2, -0.15) is 4.31 Å². The normalized spacial score (nSPS) is 16.5. The fourth-order valence-corrected chi connectivity index (χ4v) is 5.15. The minimum absolute atomic E-state index is 0.00987. The lowest BCUT2D eigenvalue weighted by molar-refractivity contribution is 0.182. The molecular formula is C24H33N5O3S. The number of sulfonamides is 1. The average Bonchev–Trinajstić information content (AvgIpc) is 2.97. The third-order valence-electron chi connectivity index (χ3n) is 6.07. The predicted octanol–water partition coefficient (Wildman–Crippen LogP) is 2.53. The molecule has 4 rings (SSSR count). The third-order valence-corrected chi connectivity index (χ3v) is 7.37. The van der Waals surface area contributed by atoms with Gasteiger partial charge in [0, 0.05) is 51.9 Å². The summed E-state index contributed by atoms with van der Waals surface area (Å²) in [5, 5.41) is 0. The van der Waals surface area contributed by atoms with Gasteiger partial charge in [0.2, 0.25) is 10.0 Å². The van der Waals surface area contributed by atoms with Crippen LogP contribution in [0.2, 0.25) is 0 Å². The Morgan fingerprint density at radius 3 is 2.18 bits per heavy atom. The average molecular weight is 472 g/mol. The largest absolute Gasteiger partial charge is 0.330 e. The van der Waals surface area contributed by atoms with E-state index in [9.17, 15) is 13.2 Å². The number of aromatic nitrogens is 3. The van der Waals surface area contributed by atoms with E-state index in [2.05, 4.69) is 49.9 Å². The molecule has 0 spiro atoms. The quantitative estimate of drug-likeness (QED) is 0.571. The van der Waals surface area contributed by atoms with Crippen LogP contribution in [0.4, 0.5) is 0 Å². The SMILES string of the molecule is Cn1c(=O)n(CC(C)(C)C)c2ccc(-c3ccc(CN4CCN(S(C)(=O)=O)CC4)cc3)nc21. The van der Waals surface area contributed by atoms with Gasteiger partial charge in [-0.1, -0.05) is 45.0 Å². The fraction of sp³-hybridized carbons (Fsp3) is 0.500. The Hall–Kier alpha value is -2.49. The Balaban J connectivity index is 1.50. The number of imidazole rings is 1. The van der Waals surface area contributed by atoms with Crippen LogP contribution >= 0.6 is 0 Å². The van der Waals surface area contributed by atoms with Crippen LogP contribution in [0.25, 0.3) is 22.4 Å². The summed E-state index contributed by atoms with van der Waals surface area (Å²) in [6, 6.07) is 12.3. The van der Waals surface area contributed by atoms with E-state index in [1.807, 2.05) is 12.1 Å². The molecule has 0 atom stereocenters. The summed E-state index contributed by atoms with van der Waals surface area (Å²) in [6.07, 6.45) is 1.27. The number of aryl methyl sites for hydroxylation is 1. The molecule has 0 N–H and O–H groups in total. The zero-order valence-corrected chi connectivity index (χ0v) is 20.9. The van der Waals surface area contributed by atoms with Crippen molar-refractivity contribution >= 4 is 21.2 Å². The van der Waals surface area contributed by atoms with E-state index in [1.54, 1.807) is 16.2 Å². The molecule has 0 radical (unpaired) electrons. The summed E-state index contributed by atoms with van der Waals surface area (Å²) in [5.74, 6) is 0. The van der Waals surface area contributed by atoms with Crippen LogP contribution in [-0.4, -0.2) is 64.2 Å². The first-order valence-electron chi connectivity index (χ1n) is 11.3. The zero-order chi connectivity index (χ0) is 24.0. The third kappa shape index (κ3) is 5.20. The lowest BCUT2D eigenvalue weighted by Crippen LogP contribution is -2.47. The van der Waals surface area contributed by atoms with Gasteiger partial charge in [0.1, 0.15) is 0 Å². The van der Waals surface area contributed by atoms with Crippen molar-refractivity contribution in [3.8, 4) is 11.3 Å². The Morgan fingerprint density at radius 2 is 1.61 bits per heavy atom. The first kappa shape index (κ1) is 23.7. The summed E-state index contributed by atoms with van der Waals surface area (Å²) in [4.78, 5) is 19.8. The molecule has 3 heterocycles. The molecule has 1 fully saturated rings. The van der Waals surface area contributed by atoms with Gasteiger partial charge in [-0.05, 0) is 23.1 Å².